The molecule has 0 aliphatic carbocycles. The number of carbonyl (C=O) groups excluding carboxylic acids is 3. The Bertz CT molecular complexity index is 1090. The third-order valence-corrected chi connectivity index (χ3v) is 5.10. The molecular weight excluding hydrogens is 406 g/mol. The molecule has 8 nitrogen and oxygen atoms in total. The number of hydrogen-bond donors (Lipinski definition) is 1. The monoisotopic (exact) mass is 423 g/mol. The summed E-state index contributed by atoms with van der Waals surface area (Å²) in [4.78, 5) is 36.3. The molecule has 0 aromatic heterocycles. The van der Waals surface area contributed by atoms with Crippen molar-refractivity contribution >= 4 is 34.9 Å². The van der Waals surface area contributed by atoms with E-state index in [1.54, 1.807) is 30.3 Å². The van der Waals surface area contributed by atoms with Gasteiger partial charge in [0.1, 0.15) is 13.2 Å². The first-order valence-electron chi connectivity index (χ1n) is 8.75. The highest BCUT2D eigenvalue weighted by atomic mass is 32.2. The summed E-state index contributed by atoms with van der Waals surface area (Å²) >= 11 is 0.736. The van der Waals surface area contributed by atoms with Crippen molar-refractivity contribution in [3.63, 3.8) is 0 Å². The molecule has 2 aromatic carbocycles. The van der Waals surface area contributed by atoms with E-state index in [1.807, 2.05) is 12.1 Å². The predicted molar refractivity (Wildman–Crippen MR) is 110 cm³/mol. The Morgan fingerprint density at radius 3 is 2.70 bits per heavy atom. The molecule has 0 atom stereocenters. The van der Waals surface area contributed by atoms with Crippen LogP contribution in [0.1, 0.15) is 16.7 Å². The molecule has 1 aliphatic heterocycles. The third-order valence-electron chi connectivity index (χ3n) is 4.19. The number of nitrogens with two attached hydrogens (primary N) is 1. The number of nitrogens with zero attached hydrogens (tertiary/aromatic N) is 2. The molecule has 152 valence electrons. The van der Waals surface area contributed by atoms with Crippen LogP contribution < -0.4 is 15.2 Å². The van der Waals surface area contributed by atoms with Gasteiger partial charge in [-0.25, -0.2) is 0 Å². The summed E-state index contributed by atoms with van der Waals surface area (Å²) in [6.07, 6.45) is 1.53. The summed E-state index contributed by atoms with van der Waals surface area (Å²) in [7, 11) is 1.48. The summed E-state index contributed by atoms with van der Waals surface area (Å²) in [6.45, 7) is -0.270. The molecule has 3 amide bonds. The molecule has 0 bridgehead atoms. The number of nitriles is 1. The number of ether oxygens (including phenoxy) is 2. The second-order valence-corrected chi connectivity index (χ2v) is 7.20. The first-order valence-corrected chi connectivity index (χ1v) is 9.57. The quantitative estimate of drug-likeness (QED) is 0.679. The summed E-state index contributed by atoms with van der Waals surface area (Å²) in [6, 6.07) is 14.3. The van der Waals surface area contributed by atoms with Crippen molar-refractivity contribution in [1.29, 1.82) is 5.26 Å². The summed E-state index contributed by atoms with van der Waals surface area (Å²) in [5, 5.41) is 8.63. The van der Waals surface area contributed by atoms with E-state index >= 15 is 0 Å². The number of hydrogen-bond acceptors (Lipinski definition) is 7. The number of benzene rings is 2. The highest BCUT2D eigenvalue weighted by molar-refractivity contribution is 8.18. The van der Waals surface area contributed by atoms with Crippen molar-refractivity contribution in [1.82, 2.24) is 4.90 Å². The van der Waals surface area contributed by atoms with E-state index in [-0.39, 0.29) is 11.5 Å². The SMILES string of the molecule is COc1cc(/C=C2\SC(=O)N(CC(N)=O)C2=O)ccc1OCc1ccccc1C#N. The number of carbonyl (C=O) groups is 3. The molecule has 30 heavy (non-hydrogen) atoms. The zero-order chi connectivity index (χ0) is 21.7. The van der Waals surface area contributed by atoms with Gasteiger partial charge in [-0.1, -0.05) is 24.3 Å². The highest BCUT2D eigenvalue weighted by Gasteiger charge is 2.35. The third kappa shape index (κ3) is 4.61. The number of rotatable bonds is 7. The second-order valence-electron chi connectivity index (χ2n) is 6.20. The second kappa shape index (κ2) is 9.15. The number of thioether (sulfide) groups is 1. The van der Waals surface area contributed by atoms with Gasteiger partial charge in [-0.05, 0) is 41.6 Å². The van der Waals surface area contributed by atoms with Gasteiger partial charge in [0.05, 0.1) is 23.6 Å². The van der Waals surface area contributed by atoms with E-state index < -0.39 is 23.6 Å². The van der Waals surface area contributed by atoms with Crippen molar-refractivity contribution in [2.24, 2.45) is 5.73 Å². The van der Waals surface area contributed by atoms with E-state index in [1.165, 1.54) is 13.2 Å². The molecule has 2 aromatic rings. The fourth-order valence-corrected chi connectivity index (χ4v) is 3.59. The molecule has 1 heterocycles. The zero-order valence-electron chi connectivity index (χ0n) is 16.0. The predicted octanol–water partition coefficient (Wildman–Crippen LogP) is 2.67. The van der Waals surface area contributed by atoms with E-state index in [0.29, 0.717) is 22.6 Å². The Morgan fingerprint density at radius 1 is 1.23 bits per heavy atom. The van der Waals surface area contributed by atoms with Crippen molar-refractivity contribution in [2.45, 2.75) is 6.61 Å². The van der Waals surface area contributed by atoms with Gasteiger partial charge in [-0.2, -0.15) is 5.26 Å². The molecule has 3 rings (SSSR count). The summed E-state index contributed by atoms with van der Waals surface area (Å²) in [5.41, 5.74) is 6.96. The van der Waals surface area contributed by atoms with E-state index in [4.69, 9.17) is 15.2 Å². The maximum absolute atomic E-state index is 12.3. The van der Waals surface area contributed by atoms with Gasteiger partial charge in [0.25, 0.3) is 11.1 Å². The molecule has 0 saturated carbocycles. The lowest BCUT2D eigenvalue weighted by Crippen LogP contribution is -2.36. The number of primary amides is 1. The molecule has 2 N–H and O–H groups in total. The van der Waals surface area contributed by atoms with Gasteiger partial charge in [0.2, 0.25) is 5.91 Å². The van der Waals surface area contributed by atoms with Crippen molar-refractivity contribution in [3.05, 3.63) is 64.1 Å². The molecule has 1 aliphatic rings. The van der Waals surface area contributed by atoms with Gasteiger partial charge in [0.15, 0.2) is 11.5 Å². The standard InChI is InChI=1S/C21H17N3O5S/c1-28-17-8-13(9-18-20(26)24(11-19(23)25)21(27)30-18)6-7-16(17)29-12-15-5-3-2-4-14(15)10-22/h2-9H,11-12H2,1H3,(H2,23,25)/b18-9-. The molecule has 0 spiro atoms. The average Bonchev–Trinajstić information content (AvgIpc) is 2.99. The molecule has 0 unspecified atom stereocenters. The normalized spacial score (nSPS) is 14.7. The highest BCUT2D eigenvalue weighted by Crippen LogP contribution is 2.34. The van der Waals surface area contributed by atoms with Crippen LogP contribution in [-0.2, 0) is 16.2 Å². The lowest BCUT2D eigenvalue weighted by Gasteiger charge is -2.12. The fourth-order valence-electron chi connectivity index (χ4n) is 2.75. The largest absolute Gasteiger partial charge is 0.493 e. The topological polar surface area (TPSA) is 123 Å². The Balaban J connectivity index is 1.78. The lowest BCUT2D eigenvalue weighted by atomic mass is 10.1. The van der Waals surface area contributed by atoms with E-state index in [9.17, 15) is 19.6 Å². The van der Waals surface area contributed by atoms with Crippen molar-refractivity contribution in [3.8, 4) is 17.6 Å². The minimum atomic E-state index is -0.764. The molecular formula is C21H17N3O5S. The Morgan fingerprint density at radius 2 is 2.00 bits per heavy atom. The minimum Gasteiger partial charge on any atom is -0.493 e. The van der Waals surface area contributed by atoms with Crippen LogP contribution in [0.5, 0.6) is 11.5 Å². The fraction of sp³-hybridized carbons (Fsp3) is 0.143. The lowest BCUT2D eigenvalue weighted by molar-refractivity contribution is -0.127. The minimum absolute atomic E-state index is 0.180. The van der Waals surface area contributed by atoms with Crippen LogP contribution in [0, 0.1) is 11.3 Å². The van der Waals surface area contributed by atoms with E-state index in [0.717, 1.165) is 22.2 Å². The summed E-state index contributed by atoms with van der Waals surface area (Å²) in [5.74, 6) is -0.449. The van der Waals surface area contributed by atoms with Crippen molar-refractivity contribution < 1.29 is 23.9 Å². The van der Waals surface area contributed by atoms with Crippen molar-refractivity contribution in [2.75, 3.05) is 13.7 Å². The number of amides is 3. The van der Waals surface area contributed by atoms with Crippen LogP contribution in [-0.4, -0.2) is 35.6 Å². The maximum Gasteiger partial charge on any atom is 0.294 e. The first kappa shape index (κ1) is 21.0. The Kier molecular flexibility index (Phi) is 6.39. The molecule has 1 fully saturated rings. The molecule has 9 heteroatoms. The molecule has 1 saturated heterocycles. The van der Waals surface area contributed by atoms with Gasteiger partial charge < -0.3 is 15.2 Å². The van der Waals surface area contributed by atoms with Gasteiger partial charge in [-0.3, -0.25) is 19.3 Å². The van der Waals surface area contributed by atoms with Crippen LogP contribution in [0.3, 0.4) is 0 Å². The maximum atomic E-state index is 12.3. The number of methoxy groups -OCH3 is 1. The van der Waals surface area contributed by atoms with Gasteiger partial charge in [0, 0.05) is 5.56 Å². The number of imide groups is 1. The van der Waals surface area contributed by atoms with Gasteiger partial charge in [-0.15, -0.1) is 0 Å². The Labute approximate surface area is 176 Å². The van der Waals surface area contributed by atoms with Crippen LogP contribution >= 0.6 is 11.8 Å². The van der Waals surface area contributed by atoms with Crippen LogP contribution in [0.15, 0.2) is 47.4 Å². The zero-order valence-corrected chi connectivity index (χ0v) is 16.8. The van der Waals surface area contributed by atoms with Crippen LogP contribution in [0.4, 0.5) is 4.79 Å². The van der Waals surface area contributed by atoms with Crippen LogP contribution in [0.2, 0.25) is 0 Å². The van der Waals surface area contributed by atoms with E-state index in [2.05, 4.69) is 6.07 Å². The smallest absolute Gasteiger partial charge is 0.294 e. The molecule has 0 radical (unpaired) electrons. The van der Waals surface area contributed by atoms with Crippen LogP contribution in [0.25, 0.3) is 6.08 Å². The van der Waals surface area contributed by atoms with Gasteiger partial charge >= 0.3 is 0 Å². The Hall–Kier alpha value is -3.77. The summed E-state index contributed by atoms with van der Waals surface area (Å²) < 4.78 is 11.2. The first-order chi connectivity index (χ1) is 14.4. The average molecular weight is 423 g/mol.